The molecule has 44 valence electrons. The van der Waals surface area contributed by atoms with E-state index in [1.807, 2.05) is 7.05 Å². The van der Waals surface area contributed by atoms with Gasteiger partial charge in [0.25, 0.3) is 0 Å². The van der Waals surface area contributed by atoms with Crippen molar-refractivity contribution >= 4 is 47.5 Å². The van der Waals surface area contributed by atoms with Crippen molar-refractivity contribution in [2.24, 2.45) is 5.84 Å². The van der Waals surface area contributed by atoms with Crippen LogP contribution in [-0.2, 0) is 0 Å². The summed E-state index contributed by atoms with van der Waals surface area (Å²) in [4.78, 5) is 0. The number of alkyl halides is 2. The van der Waals surface area contributed by atoms with Crippen molar-refractivity contribution in [3.63, 3.8) is 0 Å². The Hall–Kier alpha value is 1.25. The molecule has 4 heteroatoms. The molecule has 0 aliphatic rings. The van der Waals surface area contributed by atoms with Crippen LogP contribution < -0.4 is 5.84 Å². The number of hydrogen-bond donors (Lipinski definition) is 1. The molecule has 0 aliphatic heterocycles. The molecule has 2 N–H and O–H groups in total. The maximum atomic E-state index is 5.28. The van der Waals surface area contributed by atoms with Crippen molar-refractivity contribution in [2.45, 2.75) is 0 Å². The second kappa shape index (κ2) is 5.39. The lowest BCUT2D eigenvalue weighted by Crippen LogP contribution is -2.22. The Labute approximate surface area is 67.3 Å². The third-order valence-electron chi connectivity index (χ3n) is 0.281. The summed E-state index contributed by atoms with van der Waals surface area (Å²) in [6.45, 7) is 0. The molecule has 0 saturated carbocycles. The first-order valence-corrected chi connectivity index (χ1v) is 6.01. The highest BCUT2D eigenvalue weighted by atomic mass is 127. The normalized spacial score (nSPS) is 12.6. The summed E-state index contributed by atoms with van der Waals surface area (Å²) in [5.74, 6) is 5.28. The molecule has 0 bridgehead atoms. The molecule has 0 unspecified atom stereocenters. The Morgan fingerprint density at radius 2 is 2.57 bits per heavy atom. The first-order valence-electron chi connectivity index (χ1n) is 1.72. The van der Waals surface area contributed by atoms with E-state index in [1.165, 1.54) is 2.43 Å². The fraction of sp³-hybridized carbons (Fsp3) is 0.667. The van der Waals surface area contributed by atoms with Gasteiger partial charge in [-0.2, -0.15) is 0 Å². The molecule has 0 aromatic rings. The van der Waals surface area contributed by atoms with Crippen LogP contribution in [-0.4, -0.2) is 18.6 Å². The summed E-state index contributed by atoms with van der Waals surface area (Å²) in [6.07, 6.45) is 0. The molecule has 0 heterocycles. The molecule has 0 aliphatic carbocycles. The van der Waals surface area contributed by atoms with Gasteiger partial charge in [-0.3, -0.25) is 5.84 Å². The van der Waals surface area contributed by atoms with Gasteiger partial charge in [-0.15, -0.1) is 0 Å². The highest BCUT2D eigenvalue weighted by Crippen LogP contribution is 1.99. The molecule has 0 spiro atoms. The molecular weight excluding hydrogens is 318 g/mol. The van der Waals surface area contributed by atoms with E-state index >= 15 is 0 Å². The van der Waals surface area contributed by atoms with Crippen LogP contribution in [0.4, 0.5) is 0 Å². The zero-order valence-electron chi connectivity index (χ0n) is 4.06. The largest absolute Gasteiger partial charge is 0.265 e. The second-order valence-corrected chi connectivity index (χ2v) is 6.90. The number of nitrogens with zero attached hydrogens (tertiary/aromatic N) is 1. The molecule has 0 amide bonds. The maximum Gasteiger partial charge on any atom is 0.0478 e. The van der Waals surface area contributed by atoms with Crippen LogP contribution in [0.1, 0.15) is 0 Å². The third kappa shape index (κ3) is 7.25. The Balaban J connectivity index is 3.08. The van der Waals surface area contributed by atoms with Crippen LogP contribution >= 0.6 is 43.3 Å². The van der Waals surface area contributed by atoms with Gasteiger partial charge in [0.05, 0.1) is 0 Å². The van der Waals surface area contributed by atoms with Crippen molar-refractivity contribution in [1.82, 2.24) is 5.01 Å². The van der Waals surface area contributed by atoms with Crippen molar-refractivity contribution in [3.05, 3.63) is 0 Å². The van der Waals surface area contributed by atoms with Crippen LogP contribution in [0.25, 0.3) is 0 Å². The molecule has 2 nitrogen and oxygen atoms in total. The monoisotopic (exact) mass is 326 g/mol. The number of nitrogens with two attached hydrogens (primary N) is 1. The molecular formula is C3H8I2N2. The first-order chi connectivity index (χ1) is 3.27. The minimum absolute atomic E-state index is 0.250. The average Bonchev–Trinajstić information content (AvgIpc) is 1.61. The van der Waals surface area contributed by atoms with E-state index in [1.54, 1.807) is 5.01 Å². The summed E-state index contributed by atoms with van der Waals surface area (Å²) < 4.78 is 3.31. The lowest BCUT2D eigenvalue weighted by atomic mass is 11.2. The molecule has 0 radical (unpaired) electrons. The fourth-order valence-corrected chi connectivity index (χ4v) is 1.90. The van der Waals surface area contributed by atoms with Crippen LogP contribution in [0.2, 0.25) is 0 Å². The van der Waals surface area contributed by atoms with E-state index < -0.39 is 0 Å². The zero-order chi connectivity index (χ0) is 5.70. The number of rotatable bonds is 2. The zero-order valence-corrected chi connectivity index (χ0v) is 8.38. The van der Waals surface area contributed by atoms with Crippen molar-refractivity contribution in [1.29, 1.82) is 0 Å². The lowest BCUT2D eigenvalue weighted by Gasteiger charge is -1.96. The SMILES string of the molecule is CN(N)C=ICI. The van der Waals surface area contributed by atoms with E-state index in [9.17, 15) is 0 Å². The summed E-state index contributed by atoms with van der Waals surface area (Å²) >= 11 is 2.61. The third-order valence-corrected chi connectivity index (χ3v) is 4.12. The highest BCUT2D eigenvalue weighted by Gasteiger charge is 1.73. The second-order valence-electron chi connectivity index (χ2n) is 1.02. The molecule has 0 fully saturated rings. The Kier molecular flexibility index (Phi) is 6.35. The van der Waals surface area contributed by atoms with E-state index in [-0.39, 0.29) is 20.7 Å². The summed E-state index contributed by atoms with van der Waals surface area (Å²) in [6, 6.07) is 0. The summed E-state index contributed by atoms with van der Waals surface area (Å²) in [5.41, 5.74) is 0. The van der Waals surface area contributed by atoms with Crippen LogP contribution in [0.3, 0.4) is 0 Å². The Bertz CT molecular complexity index is 62.0. The summed E-state index contributed by atoms with van der Waals surface area (Å²) in [7, 11) is 1.85. The number of hydrazine groups is 1. The van der Waals surface area contributed by atoms with Gasteiger partial charge in [0.1, 0.15) is 0 Å². The predicted molar refractivity (Wildman–Crippen MR) is 50.9 cm³/mol. The van der Waals surface area contributed by atoms with E-state index in [0.29, 0.717) is 0 Å². The topological polar surface area (TPSA) is 29.3 Å². The van der Waals surface area contributed by atoms with Gasteiger partial charge in [-0.1, -0.05) is 43.3 Å². The van der Waals surface area contributed by atoms with Crippen LogP contribution in [0.15, 0.2) is 0 Å². The van der Waals surface area contributed by atoms with Gasteiger partial charge < -0.3 is 0 Å². The molecule has 0 atom stereocenters. The highest BCUT2D eigenvalue weighted by molar-refractivity contribution is 14.2. The Morgan fingerprint density at radius 1 is 2.00 bits per heavy atom. The molecule has 7 heavy (non-hydrogen) atoms. The lowest BCUT2D eigenvalue weighted by molar-refractivity contribution is 0.566. The number of hydrogen-bond acceptors (Lipinski definition) is 2. The standard InChI is InChI=1S/C3H8I2N2/c1-7(6)3-5-2-4/h3H,2,6H2,1H3. The molecule has 0 rings (SSSR count). The first kappa shape index (κ1) is 8.25. The minimum Gasteiger partial charge on any atom is -0.265 e. The van der Waals surface area contributed by atoms with Crippen molar-refractivity contribution in [3.8, 4) is 0 Å². The van der Waals surface area contributed by atoms with Crippen LogP contribution in [0, 0.1) is 0 Å². The van der Waals surface area contributed by atoms with Gasteiger partial charge in [0.2, 0.25) is 0 Å². The fourth-order valence-electron chi connectivity index (χ4n) is 0.135. The maximum absolute atomic E-state index is 5.28. The van der Waals surface area contributed by atoms with E-state index in [0.717, 1.165) is 0 Å². The smallest absolute Gasteiger partial charge is 0.0478 e. The molecule has 0 aromatic heterocycles. The molecule has 0 saturated heterocycles. The predicted octanol–water partition coefficient (Wildman–Crippen LogP) is 0.915. The van der Waals surface area contributed by atoms with Gasteiger partial charge in [0, 0.05) is 13.6 Å². The van der Waals surface area contributed by atoms with Gasteiger partial charge in [-0.25, -0.2) is 5.01 Å². The van der Waals surface area contributed by atoms with Crippen LogP contribution in [0.5, 0.6) is 0 Å². The number of halogens is 2. The minimum atomic E-state index is 0.250. The Morgan fingerprint density at radius 3 is 2.71 bits per heavy atom. The van der Waals surface area contributed by atoms with Gasteiger partial charge >= 0.3 is 0 Å². The van der Waals surface area contributed by atoms with Gasteiger partial charge in [0.15, 0.2) is 0 Å². The quantitative estimate of drug-likeness (QED) is 0.354. The average molecular weight is 326 g/mol. The summed E-state index contributed by atoms with van der Waals surface area (Å²) in [5, 5.41) is 1.63. The van der Waals surface area contributed by atoms with Crippen molar-refractivity contribution < 1.29 is 0 Å². The molecule has 0 aromatic carbocycles. The van der Waals surface area contributed by atoms with Gasteiger partial charge in [-0.05, 0) is 0 Å². The van der Waals surface area contributed by atoms with E-state index in [2.05, 4.69) is 26.7 Å². The van der Waals surface area contributed by atoms with E-state index in [4.69, 9.17) is 5.84 Å². The van der Waals surface area contributed by atoms with Crippen molar-refractivity contribution in [2.75, 3.05) is 9.48 Å².